The predicted octanol–water partition coefficient (Wildman–Crippen LogP) is 3.25. The fraction of sp³-hybridized carbons (Fsp3) is 0.719. The van der Waals surface area contributed by atoms with E-state index in [1.165, 1.54) is 70.9 Å². The molecule has 1 aliphatic heterocycles. The van der Waals surface area contributed by atoms with Crippen LogP contribution >= 0.6 is 0 Å². The van der Waals surface area contributed by atoms with Crippen molar-refractivity contribution >= 4 is 29.6 Å². The number of likely N-dealkylation sites (N-methyl/N-ethyl adjacent to an activating group) is 1. The van der Waals surface area contributed by atoms with Gasteiger partial charge in [0.15, 0.2) is 12.1 Å². The minimum atomic E-state index is -2.08. The van der Waals surface area contributed by atoms with E-state index in [4.69, 9.17) is 10.5 Å². The molecular formula is C32H54N4O7. The van der Waals surface area contributed by atoms with E-state index < -0.39 is 60.3 Å². The summed E-state index contributed by atoms with van der Waals surface area (Å²) in [5, 5.41) is 15.2. The Balaban J connectivity index is 2.90. The van der Waals surface area contributed by atoms with Crippen molar-refractivity contribution in [1.29, 1.82) is 0 Å². The number of cyclic esters (lactones) is 1. The molecule has 0 fully saturated rings. The summed E-state index contributed by atoms with van der Waals surface area (Å²) < 4.78 is 5.73. The van der Waals surface area contributed by atoms with Gasteiger partial charge in [0.2, 0.25) is 23.6 Å². The van der Waals surface area contributed by atoms with Gasteiger partial charge >= 0.3 is 5.97 Å². The number of carbonyl (C=O) groups excluding carboxylic acids is 5. The van der Waals surface area contributed by atoms with Crippen LogP contribution in [0.25, 0.3) is 0 Å². The predicted molar refractivity (Wildman–Crippen MR) is 165 cm³/mol. The molecule has 5 atom stereocenters. The van der Waals surface area contributed by atoms with Crippen molar-refractivity contribution in [2.24, 2.45) is 17.6 Å². The van der Waals surface area contributed by atoms with Gasteiger partial charge in [-0.3, -0.25) is 19.2 Å². The fourth-order valence-corrected chi connectivity index (χ4v) is 5.10. The van der Waals surface area contributed by atoms with Crippen molar-refractivity contribution in [3.8, 4) is 0 Å². The standard InChI is InChI=1S/C32H54N4O7/c1-6-7-8-9-10-11-12-13-14-15-16-17-18-22(2)29-24(4)31(41)34-23(3)19-20-26(38)36(5)21-25(37)35-27(32(42)43-29)28(39)30(33)40/h19-20,22,24,27-29,39H,3,6-18,21H2,1-2,4-5H3,(H2,33,40)(H,34,41)(H,35,37)/b20-19+/t22-,24-,27-,28+,29-/m0/s1. The van der Waals surface area contributed by atoms with Gasteiger partial charge in [-0.2, -0.15) is 0 Å². The molecule has 0 aliphatic carbocycles. The third-order valence-electron chi connectivity index (χ3n) is 7.88. The number of ether oxygens (including phenoxy) is 1. The van der Waals surface area contributed by atoms with Gasteiger partial charge in [-0.15, -0.1) is 0 Å². The molecule has 0 bridgehead atoms. The zero-order valence-corrected chi connectivity index (χ0v) is 26.6. The summed E-state index contributed by atoms with van der Waals surface area (Å²) >= 11 is 0. The summed E-state index contributed by atoms with van der Waals surface area (Å²) in [6.07, 6.45) is 14.6. The monoisotopic (exact) mass is 606 g/mol. The quantitative estimate of drug-likeness (QED) is 0.154. The first-order valence-electron chi connectivity index (χ1n) is 15.8. The van der Waals surface area contributed by atoms with Crippen LogP contribution in [0.2, 0.25) is 0 Å². The Morgan fingerprint density at radius 2 is 1.56 bits per heavy atom. The molecule has 43 heavy (non-hydrogen) atoms. The Morgan fingerprint density at radius 1 is 1.02 bits per heavy atom. The zero-order valence-electron chi connectivity index (χ0n) is 26.6. The van der Waals surface area contributed by atoms with E-state index in [1.807, 2.05) is 6.92 Å². The average Bonchev–Trinajstić information content (AvgIpc) is 2.96. The Labute approximate surface area is 257 Å². The minimum absolute atomic E-state index is 0.152. The summed E-state index contributed by atoms with van der Waals surface area (Å²) in [5.74, 6) is -5.34. The molecule has 244 valence electrons. The van der Waals surface area contributed by atoms with Crippen LogP contribution in [0.5, 0.6) is 0 Å². The van der Waals surface area contributed by atoms with Crippen molar-refractivity contribution in [2.75, 3.05) is 13.6 Å². The number of rotatable bonds is 16. The molecule has 1 heterocycles. The maximum Gasteiger partial charge on any atom is 0.332 e. The summed E-state index contributed by atoms with van der Waals surface area (Å²) in [7, 11) is 1.35. The molecule has 11 heteroatoms. The number of nitrogens with zero attached hydrogens (tertiary/aromatic N) is 1. The summed E-state index contributed by atoms with van der Waals surface area (Å²) in [6.45, 7) is 8.96. The smallest absolute Gasteiger partial charge is 0.332 e. The summed E-state index contributed by atoms with van der Waals surface area (Å²) in [4.78, 5) is 64.1. The van der Waals surface area contributed by atoms with Crippen molar-refractivity contribution < 1.29 is 33.8 Å². The molecule has 0 radical (unpaired) electrons. The molecule has 0 aromatic carbocycles. The lowest BCUT2D eigenvalue weighted by Crippen LogP contribution is -2.57. The molecule has 4 amide bonds. The highest BCUT2D eigenvalue weighted by molar-refractivity contribution is 5.95. The van der Waals surface area contributed by atoms with E-state index in [0.29, 0.717) is 6.42 Å². The lowest BCUT2D eigenvalue weighted by molar-refractivity contribution is -0.165. The van der Waals surface area contributed by atoms with Gasteiger partial charge in [0, 0.05) is 18.8 Å². The molecule has 0 unspecified atom stereocenters. The van der Waals surface area contributed by atoms with E-state index in [0.717, 1.165) is 30.2 Å². The third kappa shape index (κ3) is 14.7. The van der Waals surface area contributed by atoms with E-state index in [-0.39, 0.29) is 11.6 Å². The third-order valence-corrected chi connectivity index (χ3v) is 7.88. The Bertz CT molecular complexity index is 967. The molecule has 0 aromatic heterocycles. The van der Waals surface area contributed by atoms with Crippen molar-refractivity contribution in [1.82, 2.24) is 15.5 Å². The first-order valence-corrected chi connectivity index (χ1v) is 15.8. The lowest BCUT2D eigenvalue weighted by Gasteiger charge is -2.31. The number of nitrogens with two attached hydrogens (primary N) is 1. The molecule has 0 spiro atoms. The number of hydrogen-bond acceptors (Lipinski definition) is 7. The molecule has 0 aromatic rings. The van der Waals surface area contributed by atoms with Crippen LogP contribution in [0.15, 0.2) is 24.4 Å². The second kappa shape index (κ2) is 20.7. The Morgan fingerprint density at radius 3 is 2.09 bits per heavy atom. The molecule has 0 saturated heterocycles. The summed E-state index contributed by atoms with van der Waals surface area (Å²) in [6, 6.07) is -1.82. The lowest BCUT2D eigenvalue weighted by atomic mass is 9.88. The topological polar surface area (TPSA) is 168 Å². The van der Waals surface area contributed by atoms with Crippen LogP contribution in [0.3, 0.4) is 0 Å². The van der Waals surface area contributed by atoms with Gasteiger partial charge in [-0.05, 0) is 18.4 Å². The molecule has 1 aliphatic rings. The number of nitrogens with one attached hydrogen (secondary N) is 2. The fourth-order valence-electron chi connectivity index (χ4n) is 5.10. The normalized spacial score (nSPS) is 23.0. The highest BCUT2D eigenvalue weighted by Crippen LogP contribution is 2.25. The SMILES string of the molecule is C=C1/C=C/C(=O)N(C)CC(=O)N[C@@H]([C@@H](O)C(N)=O)C(=O)O[C@@H]([C@@H](C)CCCCCCCCCCCCCC)[C@H](C)C(=O)N1. The van der Waals surface area contributed by atoms with Gasteiger partial charge in [0.25, 0.3) is 0 Å². The number of primary amides is 1. The maximum absolute atomic E-state index is 13.2. The van der Waals surface area contributed by atoms with E-state index in [1.54, 1.807) is 6.92 Å². The number of unbranched alkanes of at least 4 members (excludes halogenated alkanes) is 11. The first-order chi connectivity index (χ1) is 20.4. The number of esters is 1. The van der Waals surface area contributed by atoms with Gasteiger partial charge in [0.05, 0.1) is 12.5 Å². The van der Waals surface area contributed by atoms with E-state index in [2.05, 4.69) is 24.1 Å². The number of hydrogen-bond donors (Lipinski definition) is 4. The van der Waals surface area contributed by atoms with Gasteiger partial charge < -0.3 is 31.1 Å². The Hall–Kier alpha value is -3.21. The van der Waals surface area contributed by atoms with Crippen LogP contribution in [0.1, 0.15) is 104 Å². The van der Waals surface area contributed by atoms with Crippen molar-refractivity contribution in [2.45, 2.75) is 122 Å². The molecule has 1 rings (SSSR count). The second-order valence-corrected chi connectivity index (χ2v) is 11.8. The average molecular weight is 607 g/mol. The van der Waals surface area contributed by atoms with Gasteiger partial charge in [-0.25, -0.2) is 4.79 Å². The molecule has 0 saturated carbocycles. The maximum atomic E-state index is 13.2. The van der Waals surface area contributed by atoms with Crippen LogP contribution in [0.4, 0.5) is 0 Å². The van der Waals surface area contributed by atoms with Crippen LogP contribution < -0.4 is 16.4 Å². The highest BCUT2D eigenvalue weighted by atomic mass is 16.5. The summed E-state index contributed by atoms with van der Waals surface area (Å²) in [5.41, 5.74) is 5.38. The van der Waals surface area contributed by atoms with E-state index >= 15 is 0 Å². The molecule has 11 nitrogen and oxygen atoms in total. The number of aliphatic hydroxyl groups is 1. The van der Waals surface area contributed by atoms with Gasteiger partial charge in [-0.1, -0.05) is 104 Å². The number of allylic oxidation sites excluding steroid dienone is 1. The number of carbonyl (C=O) groups is 5. The highest BCUT2D eigenvalue weighted by Gasteiger charge is 2.39. The number of aliphatic hydroxyl groups excluding tert-OH is 1. The minimum Gasteiger partial charge on any atom is -0.460 e. The zero-order chi connectivity index (χ0) is 32.4. The van der Waals surface area contributed by atoms with Crippen molar-refractivity contribution in [3.05, 3.63) is 24.4 Å². The largest absolute Gasteiger partial charge is 0.460 e. The van der Waals surface area contributed by atoms with Crippen LogP contribution in [0, 0.1) is 11.8 Å². The Kier molecular flexibility index (Phi) is 18.2. The first kappa shape index (κ1) is 37.8. The van der Waals surface area contributed by atoms with Crippen LogP contribution in [-0.4, -0.2) is 71.4 Å². The van der Waals surface area contributed by atoms with E-state index in [9.17, 15) is 29.1 Å². The second-order valence-electron chi connectivity index (χ2n) is 11.8. The molecular weight excluding hydrogens is 552 g/mol. The molecule has 5 N–H and O–H groups in total. The number of amides is 4. The van der Waals surface area contributed by atoms with Crippen LogP contribution in [-0.2, 0) is 28.7 Å². The van der Waals surface area contributed by atoms with Crippen molar-refractivity contribution in [3.63, 3.8) is 0 Å². The van der Waals surface area contributed by atoms with Gasteiger partial charge in [0.1, 0.15) is 6.10 Å².